The summed E-state index contributed by atoms with van der Waals surface area (Å²) in [5, 5.41) is 19.4. The lowest BCUT2D eigenvalue weighted by molar-refractivity contribution is 0.281. The van der Waals surface area contributed by atoms with Gasteiger partial charge in [0.1, 0.15) is 6.07 Å². The lowest BCUT2D eigenvalue weighted by Gasteiger charge is -2.17. The van der Waals surface area contributed by atoms with Crippen molar-refractivity contribution in [3.8, 4) is 6.07 Å². The molecule has 0 aliphatic rings. The molecule has 0 aliphatic carbocycles. The number of aromatic nitrogens is 1. The molecule has 2 N–H and O–H groups in total. The van der Waals surface area contributed by atoms with Crippen molar-refractivity contribution in [3.05, 3.63) is 71.4 Å². The van der Waals surface area contributed by atoms with E-state index in [-0.39, 0.29) is 12.5 Å². The summed E-state index contributed by atoms with van der Waals surface area (Å²) >= 11 is 0. The number of aliphatic hydroxyl groups excluding tert-OH is 1. The van der Waals surface area contributed by atoms with Crippen LogP contribution in [0.15, 0.2) is 54.7 Å². The third-order valence-electron chi connectivity index (χ3n) is 3.85. The molecular formula is C18H16N2O. The topological polar surface area (TPSA) is 59.8 Å². The molecule has 104 valence electrons. The minimum Gasteiger partial charge on any atom is -0.396 e. The normalized spacial score (nSPS) is 12.2. The van der Waals surface area contributed by atoms with Crippen LogP contribution in [0.25, 0.3) is 10.9 Å². The van der Waals surface area contributed by atoms with E-state index in [4.69, 9.17) is 5.26 Å². The molecule has 3 nitrogen and oxygen atoms in total. The molecule has 1 aromatic heterocycles. The van der Waals surface area contributed by atoms with Crippen LogP contribution in [-0.2, 0) is 0 Å². The van der Waals surface area contributed by atoms with Gasteiger partial charge in [0.15, 0.2) is 0 Å². The van der Waals surface area contributed by atoms with Crippen molar-refractivity contribution in [1.29, 1.82) is 5.26 Å². The predicted molar refractivity (Wildman–Crippen MR) is 83.0 cm³/mol. The van der Waals surface area contributed by atoms with E-state index < -0.39 is 0 Å². The van der Waals surface area contributed by atoms with Crippen LogP contribution in [0.3, 0.4) is 0 Å². The molecule has 3 aromatic rings. The van der Waals surface area contributed by atoms with Crippen LogP contribution in [0.1, 0.15) is 29.0 Å². The SMILES string of the molecule is N#Cc1c[nH]c2cc(C(CCO)c3ccccc3)ccc12. The highest BCUT2D eigenvalue weighted by Gasteiger charge is 2.15. The maximum atomic E-state index is 9.36. The lowest BCUT2D eigenvalue weighted by Crippen LogP contribution is -2.03. The van der Waals surface area contributed by atoms with Crippen molar-refractivity contribution in [2.75, 3.05) is 6.61 Å². The van der Waals surface area contributed by atoms with Gasteiger partial charge in [-0.1, -0.05) is 42.5 Å². The van der Waals surface area contributed by atoms with Crippen molar-refractivity contribution in [2.24, 2.45) is 0 Å². The highest BCUT2D eigenvalue weighted by Crippen LogP contribution is 2.30. The summed E-state index contributed by atoms with van der Waals surface area (Å²) < 4.78 is 0. The Hall–Kier alpha value is -2.57. The highest BCUT2D eigenvalue weighted by molar-refractivity contribution is 5.86. The van der Waals surface area contributed by atoms with Gasteiger partial charge in [0.05, 0.1) is 5.56 Å². The quantitative estimate of drug-likeness (QED) is 0.765. The molecule has 0 amide bonds. The third-order valence-corrected chi connectivity index (χ3v) is 3.85. The second kappa shape index (κ2) is 5.82. The van der Waals surface area contributed by atoms with Gasteiger partial charge in [0.25, 0.3) is 0 Å². The number of benzene rings is 2. The Morgan fingerprint density at radius 3 is 2.62 bits per heavy atom. The van der Waals surface area contributed by atoms with E-state index in [1.807, 2.05) is 30.3 Å². The van der Waals surface area contributed by atoms with Gasteiger partial charge in [-0.25, -0.2) is 0 Å². The Balaban J connectivity index is 2.06. The predicted octanol–water partition coefficient (Wildman–Crippen LogP) is 3.55. The molecule has 0 spiro atoms. The van der Waals surface area contributed by atoms with E-state index in [1.54, 1.807) is 6.20 Å². The molecule has 0 fully saturated rings. The average Bonchev–Trinajstić information content (AvgIpc) is 2.95. The van der Waals surface area contributed by atoms with E-state index >= 15 is 0 Å². The molecule has 0 bridgehead atoms. The van der Waals surface area contributed by atoms with Crippen LogP contribution < -0.4 is 0 Å². The summed E-state index contributed by atoms with van der Waals surface area (Å²) in [6.45, 7) is 0.145. The Bertz CT molecular complexity index is 784. The number of aliphatic hydroxyl groups is 1. The number of nitriles is 1. The van der Waals surface area contributed by atoms with Crippen LogP contribution in [0.4, 0.5) is 0 Å². The smallest absolute Gasteiger partial charge is 0.101 e. The highest BCUT2D eigenvalue weighted by atomic mass is 16.3. The summed E-state index contributed by atoms with van der Waals surface area (Å²) in [5.74, 6) is 0.162. The summed E-state index contributed by atoms with van der Waals surface area (Å²) in [6.07, 6.45) is 2.42. The van der Waals surface area contributed by atoms with Gasteiger partial charge in [-0.2, -0.15) is 5.26 Å². The second-order valence-corrected chi connectivity index (χ2v) is 5.09. The number of aromatic amines is 1. The van der Waals surface area contributed by atoms with Crippen LogP contribution in [-0.4, -0.2) is 16.7 Å². The van der Waals surface area contributed by atoms with E-state index in [9.17, 15) is 5.11 Å². The zero-order valence-corrected chi connectivity index (χ0v) is 11.6. The number of hydrogen-bond acceptors (Lipinski definition) is 2. The molecule has 1 heterocycles. The molecule has 0 saturated carbocycles. The van der Waals surface area contributed by atoms with Crippen LogP contribution >= 0.6 is 0 Å². The molecule has 1 atom stereocenters. The van der Waals surface area contributed by atoms with Gasteiger partial charge in [0, 0.05) is 29.6 Å². The van der Waals surface area contributed by atoms with Crippen LogP contribution in [0.2, 0.25) is 0 Å². The molecule has 3 rings (SSSR count). The Labute approximate surface area is 123 Å². The minimum absolute atomic E-state index is 0.145. The van der Waals surface area contributed by atoms with Crippen molar-refractivity contribution < 1.29 is 5.11 Å². The molecular weight excluding hydrogens is 260 g/mol. The first kappa shape index (κ1) is 13.4. The molecule has 1 unspecified atom stereocenters. The zero-order chi connectivity index (χ0) is 14.7. The Kier molecular flexibility index (Phi) is 3.72. The summed E-state index contributed by atoms with van der Waals surface area (Å²) in [6, 6.07) is 18.5. The molecule has 0 aliphatic heterocycles. The monoisotopic (exact) mass is 276 g/mol. The standard InChI is InChI=1S/C18H16N2O/c19-11-15-12-20-18-10-14(6-7-17(15)18)16(8-9-21)13-4-2-1-3-5-13/h1-7,10,12,16,20-21H,8-9H2. The first-order valence-electron chi connectivity index (χ1n) is 7.00. The Morgan fingerprint density at radius 1 is 1.10 bits per heavy atom. The molecule has 0 saturated heterocycles. The van der Waals surface area contributed by atoms with Gasteiger partial charge < -0.3 is 10.1 Å². The fraction of sp³-hybridized carbons (Fsp3) is 0.167. The van der Waals surface area contributed by atoms with Crippen molar-refractivity contribution in [3.63, 3.8) is 0 Å². The largest absolute Gasteiger partial charge is 0.396 e. The molecule has 21 heavy (non-hydrogen) atoms. The van der Waals surface area contributed by atoms with Gasteiger partial charge in [0.2, 0.25) is 0 Å². The maximum absolute atomic E-state index is 9.36. The molecule has 3 heteroatoms. The fourth-order valence-corrected chi connectivity index (χ4v) is 2.79. The number of H-pyrrole nitrogens is 1. The number of fused-ring (bicyclic) bond motifs is 1. The molecule has 2 aromatic carbocycles. The fourth-order valence-electron chi connectivity index (χ4n) is 2.79. The van der Waals surface area contributed by atoms with Gasteiger partial charge in [-0.15, -0.1) is 0 Å². The average molecular weight is 276 g/mol. The Morgan fingerprint density at radius 2 is 1.90 bits per heavy atom. The van der Waals surface area contributed by atoms with Gasteiger partial charge >= 0.3 is 0 Å². The summed E-state index contributed by atoms with van der Waals surface area (Å²) in [5.41, 5.74) is 3.96. The first-order chi connectivity index (χ1) is 10.3. The van der Waals surface area contributed by atoms with Crippen LogP contribution in [0, 0.1) is 11.3 Å². The number of nitrogens with zero attached hydrogens (tertiary/aromatic N) is 1. The summed E-state index contributed by atoms with van der Waals surface area (Å²) in [7, 11) is 0. The number of nitrogens with one attached hydrogen (secondary N) is 1. The van der Waals surface area contributed by atoms with Crippen molar-refractivity contribution in [2.45, 2.75) is 12.3 Å². The number of hydrogen-bond donors (Lipinski definition) is 2. The summed E-state index contributed by atoms with van der Waals surface area (Å²) in [4.78, 5) is 3.14. The molecule has 0 radical (unpaired) electrons. The van der Waals surface area contributed by atoms with E-state index in [1.165, 1.54) is 5.56 Å². The lowest BCUT2D eigenvalue weighted by atomic mass is 9.88. The number of rotatable bonds is 4. The van der Waals surface area contributed by atoms with Crippen LogP contribution in [0.5, 0.6) is 0 Å². The van der Waals surface area contributed by atoms with E-state index in [0.29, 0.717) is 12.0 Å². The first-order valence-corrected chi connectivity index (χ1v) is 7.00. The minimum atomic E-state index is 0.145. The second-order valence-electron chi connectivity index (χ2n) is 5.09. The van der Waals surface area contributed by atoms with Crippen molar-refractivity contribution >= 4 is 10.9 Å². The van der Waals surface area contributed by atoms with Gasteiger partial charge in [-0.3, -0.25) is 0 Å². The maximum Gasteiger partial charge on any atom is 0.101 e. The van der Waals surface area contributed by atoms with Crippen molar-refractivity contribution in [1.82, 2.24) is 4.98 Å². The van der Waals surface area contributed by atoms with E-state index in [2.05, 4.69) is 29.3 Å². The van der Waals surface area contributed by atoms with Gasteiger partial charge in [-0.05, 0) is 23.6 Å². The third kappa shape index (κ3) is 2.54. The zero-order valence-electron chi connectivity index (χ0n) is 11.6. The van der Waals surface area contributed by atoms with E-state index in [0.717, 1.165) is 16.5 Å².